The summed E-state index contributed by atoms with van der Waals surface area (Å²) in [6, 6.07) is 13.2. The largest absolute Gasteiger partial charge is 0.495 e. The lowest BCUT2D eigenvalue weighted by atomic mass is 9.89. The molecule has 2 aromatic carbocycles. The average Bonchev–Trinajstić information content (AvgIpc) is 2.67. The normalized spacial score (nSPS) is 10.9. The van der Waals surface area contributed by atoms with Gasteiger partial charge in [0.05, 0.1) is 19.8 Å². The van der Waals surface area contributed by atoms with E-state index in [0.29, 0.717) is 16.9 Å². The predicted octanol–water partition coefficient (Wildman–Crippen LogP) is 4.37. The van der Waals surface area contributed by atoms with Crippen LogP contribution < -0.4 is 4.74 Å². The minimum Gasteiger partial charge on any atom is -0.495 e. The summed E-state index contributed by atoms with van der Waals surface area (Å²) in [6.45, 7) is 3.97. The Morgan fingerprint density at radius 3 is 2.52 bits per heavy atom. The zero-order valence-corrected chi connectivity index (χ0v) is 14.9. The summed E-state index contributed by atoms with van der Waals surface area (Å²) in [5.41, 5.74) is 4.63. The maximum Gasteiger partial charge on any atom is 0.337 e. The highest BCUT2D eigenvalue weighted by Crippen LogP contribution is 2.33. The number of hydrogen-bond donors (Lipinski definition) is 0. The van der Waals surface area contributed by atoms with Crippen LogP contribution in [0.2, 0.25) is 0 Å². The zero-order chi connectivity index (χ0) is 18.4. The van der Waals surface area contributed by atoms with Crippen LogP contribution in [0.15, 0.2) is 42.5 Å². The third-order valence-corrected chi connectivity index (χ3v) is 4.14. The number of carbonyl (C=O) groups excluding carboxylic acids is 1. The van der Waals surface area contributed by atoms with Gasteiger partial charge in [-0.25, -0.2) is 4.79 Å². The van der Waals surface area contributed by atoms with E-state index in [0.717, 1.165) is 28.7 Å². The number of nitrogens with zero attached hydrogens (tertiary/aromatic N) is 1. The van der Waals surface area contributed by atoms with Gasteiger partial charge in [0.2, 0.25) is 0 Å². The molecular weight excluding hydrogens is 314 g/mol. The molecule has 0 spiro atoms. The SMILES string of the molecule is C/C=C(\c1cc(C(=O)OC)ccc1CC)c1cccc(OC)c1C#N. The van der Waals surface area contributed by atoms with E-state index in [1.54, 1.807) is 19.2 Å². The van der Waals surface area contributed by atoms with Crippen molar-refractivity contribution in [2.75, 3.05) is 14.2 Å². The third kappa shape index (κ3) is 3.56. The molecule has 0 unspecified atom stereocenters. The molecule has 0 aliphatic rings. The zero-order valence-electron chi connectivity index (χ0n) is 14.9. The highest BCUT2D eigenvalue weighted by atomic mass is 16.5. The van der Waals surface area contributed by atoms with Crippen LogP contribution in [0.3, 0.4) is 0 Å². The Balaban J connectivity index is 2.71. The molecule has 2 rings (SSSR count). The molecule has 4 heteroatoms. The van der Waals surface area contributed by atoms with E-state index in [4.69, 9.17) is 9.47 Å². The number of allylic oxidation sites excluding steroid dienone is 1. The fourth-order valence-electron chi connectivity index (χ4n) is 2.88. The van der Waals surface area contributed by atoms with E-state index < -0.39 is 0 Å². The molecule has 0 bridgehead atoms. The monoisotopic (exact) mass is 335 g/mol. The van der Waals surface area contributed by atoms with Crippen molar-refractivity contribution in [2.24, 2.45) is 0 Å². The highest BCUT2D eigenvalue weighted by molar-refractivity contribution is 5.93. The van der Waals surface area contributed by atoms with E-state index in [1.165, 1.54) is 7.11 Å². The van der Waals surface area contributed by atoms with Crippen molar-refractivity contribution in [3.63, 3.8) is 0 Å². The Hall–Kier alpha value is -3.06. The summed E-state index contributed by atoms with van der Waals surface area (Å²) in [5, 5.41) is 9.60. The molecule has 25 heavy (non-hydrogen) atoms. The van der Waals surface area contributed by atoms with Crippen LogP contribution in [0.4, 0.5) is 0 Å². The van der Waals surface area contributed by atoms with Gasteiger partial charge in [-0.15, -0.1) is 0 Å². The highest BCUT2D eigenvalue weighted by Gasteiger charge is 2.17. The molecule has 0 aromatic heterocycles. The summed E-state index contributed by atoms with van der Waals surface area (Å²) >= 11 is 0. The topological polar surface area (TPSA) is 59.3 Å². The van der Waals surface area contributed by atoms with E-state index in [-0.39, 0.29) is 5.97 Å². The van der Waals surface area contributed by atoms with Gasteiger partial charge in [0.25, 0.3) is 0 Å². The number of methoxy groups -OCH3 is 2. The van der Waals surface area contributed by atoms with Gasteiger partial charge < -0.3 is 9.47 Å². The molecule has 0 radical (unpaired) electrons. The molecule has 0 aliphatic heterocycles. The Labute approximate surface area is 148 Å². The fraction of sp³-hybridized carbons (Fsp3) is 0.238. The number of nitriles is 1. The number of rotatable bonds is 5. The Morgan fingerprint density at radius 2 is 1.96 bits per heavy atom. The molecule has 0 amide bonds. The summed E-state index contributed by atoms with van der Waals surface area (Å²) in [4.78, 5) is 11.9. The number of carbonyl (C=O) groups is 1. The van der Waals surface area contributed by atoms with Crippen LogP contribution in [-0.4, -0.2) is 20.2 Å². The lowest BCUT2D eigenvalue weighted by molar-refractivity contribution is 0.0600. The van der Waals surface area contributed by atoms with Gasteiger partial charge in [0.15, 0.2) is 0 Å². The Kier molecular flexibility index (Phi) is 5.97. The van der Waals surface area contributed by atoms with Crippen molar-refractivity contribution in [1.82, 2.24) is 0 Å². The van der Waals surface area contributed by atoms with Gasteiger partial charge in [0, 0.05) is 5.56 Å². The van der Waals surface area contributed by atoms with Gasteiger partial charge in [-0.1, -0.05) is 31.2 Å². The van der Waals surface area contributed by atoms with Gasteiger partial charge in [0.1, 0.15) is 17.4 Å². The minimum atomic E-state index is -0.384. The second-order valence-electron chi connectivity index (χ2n) is 5.41. The number of ether oxygens (including phenoxy) is 2. The van der Waals surface area contributed by atoms with Gasteiger partial charge in [-0.3, -0.25) is 0 Å². The van der Waals surface area contributed by atoms with Crippen molar-refractivity contribution in [3.8, 4) is 11.8 Å². The van der Waals surface area contributed by atoms with Gasteiger partial charge in [-0.2, -0.15) is 5.26 Å². The first-order valence-corrected chi connectivity index (χ1v) is 8.06. The molecule has 2 aromatic rings. The van der Waals surface area contributed by atoms with E-state index in [2.05, 4.69) is 13.0 Å². The van der Waals surface area contributed by atoms with Crippen molar-refractivity contribution < 1.29 is 14.3 Å². The molecule has 0 aliphatic carbocycles. The first kappa shape index (κ1) is 18.3. The lowest BCUT2D eigenvalue weighted by Crippen LogP contribution is -2.05. The number of benzene rings is 2. The van der Waals surface area contributed by atoms with Crippen molar-refractivity contribution in [1.29, 1.82) is 5.26 Å². The predicted molar refractivity (Wildman–Crippen MR) is 97.6 cm³/mol. The van der Waals surface area contributed by atoms with Crippen LogP contribution in [-0.2, 0) is 11.2 Å². The number of hydrogen-bond acceptors (Lipinski definition) is 4. The van der Waals surface area contributed by atoms with Gasteiger partial charge >= 0.3 is 5.97 Å². The van der Waals surface area contributed by atoms with Crippen LogP contribution in [0.5, 0.6) is 5.75 Å². The molecule has 0 fully saturated rings. The lowest BCUT2D eigenvalue weighted by Gasteiger charge is -2.16. The molecule has 0 atom stereocenters. The molecule has 0 saturated carbocycles. The maximum absolute atomic E-state index is 11.9. The van der Waals surface area contributed by atoms with E-state index in [1.807, 2.05) is 37.3 Å². The maximum atomic E-state index is 11.9. The molecule has 0 saturated heterocycles. The molecule has 4 nitrogen and oxygen atoms in total. The summed E-state index contributed by atoms with van der Waals surface area (Å²) < 4.78 is 10.2. The quantitative estimate of drug-likeness (QED) is 0.761. The molecular formula is C21H21NO3. The third-order valence-electron chi connectivity index (χ3n) is 4.14. The fourth-order valence-corrected chi connectivity index (χ4v) is 2.88. The summed E-state index contributed by atoms with van der Waals surface area (Å²) in [6.07, 6.45) is 2.76. The second kappa shape index (κ2) is 8.16. The molecule has 128 valence electrons. The second-order valence-corrected chi connectivity index (χ2v) is 5.41. The Bertz CT molecular complexity index is 860. The molecule has 0 N–H and O–H groups in total. The van der Waals surface area contributed by atoms with Crippen molar-refractivity contribution in [2.45, 2.75) is 20.3 Å². The first-order valence-electron chi connectivity index (χ1n) is 8.06. The van der Waals surface area contributed by atoms with Crippen LogP contribution >= 0.6 is 0 Å². The van der Waals surface area contributed by atoms with Crippen molar-refractivity contribution >= 4 is 11.5 Å². The average molecular weight is 335 g/mol. The number of esters is 1. The van der Waals surface area contributed by atoms with Crippen LogP contribution in [0, 0.1) is 11.3 Å². The van der Waals surface area contributed by atoms with Crippen molar-refractivity contribution in [3.05, 3.63) is 70.3 Å². The van der Waals surface area contributed by atoms with Gasteiger partial charge in [-0.05, 0) is 48.2 Å². The smallest absolute Gasteiger partial charge is 0.337 e. The molecule has 0 heterocycles. The number of aryl methyl sites for hydroxylation is 1. The van der Waals surface area contributed by atoms with Crippen LogP contribution in [0.25, 0.3) is 5.57 Å². The Morgan fingerprint density at radius 1 is 1.20 bits per heavy atom. The summed E-state index contributed by atoms with van der Waals surface area (Å²) in [5.74, 6) is 0.145. The summed E-state index contributed by atoms with van der Waals surface area (Å²) in [7, 11) is 2.91. The van der Waals surface area contributed by atoms with E-state index in [9.17, 15) is 10.1 Å². The minimum absolute atomic E-state index is 0.384. The van der Waals surface area contributed by atoms with Crippen LogP contribution in [0.1, 0.15) is 46.5 Å². The van der Waals surface area contributed by atoms with E-state index >= 15 is 0 Å². The first-order chi connectivity index (χ1) is 12.1. The standard InChI is InChI=1S/C21H21NO3/c1-5-14-10-11-15(21(23)25-4)12-18(14)16(6-2)17-8-7-9-20(24-3)19(17)13-22/h6-12H,5H2,1-4H3/b16-6-.